The summed E-state index contributed by atoms with van der Waals surface area (Å²) in [7, 11) is 2.96. The van der Waals surface area contributed by atoms with Gasteiger partial charge in [0.1, 0.15) is 0 Å². The van der Waals surface area contributed by atoms with Crippen molar-refractivity contribution in [1.82, 2.24) is 5.32 Å². The molecule has 1 aliphatic rings. The highest BCUT2D eigenvalue weighted by Crippen LogP contribution is 2.08. The van der Waals surface area contributed by atoms with Crippen molar-refractivity contribution < 1.29 is 4.18 Å². The van der Waals surface area contributed by atoms with Crippen LogP contribution in [0.3, 0.4) is 0 Å². The van der Waals surface area contributed by atoms with Crippen molar-refractivity contribution in [1.29, 1.82) is 0 Å². The Bertz CT molecular complexity index is 48.2. The predicted molar refractivity (Wildman–Crippen MR) is 55.3 cm³/mol. The van der Waals surface area contributed by atoms with Gasteiger partial charge in [-0.05, 0) is 25.9 Å². The highest BCUT2D eigenvalue weighted by molar-refractivity contribution is 14.2. The zero-order valence-corrected chi connectivity index (χ0v) is 9.20. The third-order valence-corrected chi connectivity index (χ3v) is 2.47. The molecule has 0 bridgehead atoms. The normalized spacial score (nSPS) is 17.4. The maximum Gasteiger partial charge on any atom is 0.0647 e. The number of hydrogen-bond acceptors (Lipinski definition) is 3. The van der Waals surface area contributed by atoms with E-state index in [4.69, 9.17) is 0 Å². The molecule has 0 aliphatic carbocycles. The lowest BCUT2D eigenvalue weighted by atomic mass is 10.2. The Kier molecular flexibility index (Phi) is 11.0. The summed E-state index contributed by atoms with van der Waals surface area (Å²) in [5, 5.41) is 3.28. The molecular weight excluding hydrogens is 261 g/mol. The summed E-state index contributed by atoms with van der Waals surface area (Å²) in [6.07, 6.45) is 4.22. The van der Waals surface area contributed by atoms with Crippen LogP contribution in [0.25, 0.3) is 0 Å². The van der Waals surface area contributed by atoms with Crippen molar-refractivity contribution in [2.45, 2.75) is 19.3 Å². The first-order valence-electron chi connectivity index (χ1n) is 3.44. The molecule has 0 saturated carbocycles. The highest BCUT2D eigenvalue weighted by atomic mass is 127. The number of rotatable bonds is 1. The third kappa shape index (κ3) is 9.00. The van der Waals surface area contributed by atoms with Crippen molar-refractivity contribution in [3.05, 3.63) is 0 Å². The van der Waals surface area contributed by atoms with E-state index in [1.165, 1.54) is 41.6 Å². The van der Waals surface area contributed by atoms with Gasteiger partial charge in [0.15, 0.2) is 0 Å². The van der Waals surface area contributed by atoms with Crippen molar-refractivity contribution in [3.8, 4) is 0 Å². The van der Waals surface area contributed by atoms with Crippen molar-refractivity contribution in [2.24, 2.45) is 0 Å². The average molecular weight is 275 g/mol. The predicted octanol–water partition coefficient (Wildman–Crippen LogP) is 2.39. The van der Waals surface area contributed by atoms with Gasteiger partial charge in [0, 0.05) is 21.2 Å². The van der Waals surface area contributed by atoms with Crippen molar-refractivity contribution in [3.63, 3.8) is 0 Å². The van der Waals surface area contributed by atoms with Crippen LogP contribution in [0.2, 0.25) is 0 Å². The summed E-state index contributed by atoms with van der Waals surface area (Å²) in [6, 6.07) is 0. The molecule has 0 spiro atoms. The van der Waals surface area contributed by atoms with Crippen LogP contribution in [0.15, 0.2) is 0 Å². The summed E-state index contributed by atoms with van der Waals surface area (Å²) in [5.41, 5.74) is 0. The lowest BCUT2D eigenvalue weighted by Crippen LogP contribution is -2.21. The standard InChI is InChI=1S/C5H11N.CH3IOS/c1-2-4-6-5-3-1;1-3-4-2/h6H,1-5H2;1H3. The van der Waals surface area contributed by atoms with E-state index in [2.05, 4.69) is 9.50 Å². The molecule has 1 rings (SSSR count). The second kappa shape index (κ2) is 10.0. The molecule has 0 radical (unpaired) electrons. The summed E-state index contributed by atoms with van der Waals surface area (Å²) in [4.78, 5) is 0. The highest BCUT2D eigenvalue weighted by Gasteiger charge is 1.93. The monoisotopic (exact) mass is 275 g/mol. The van der Waals surface area contributed by atoms with E-state index in [0.717, 1.165) is 0 Å². The van der Waals surface area contributed by atoms with E-state index in [0.29, 0.717) is 0 Å². The van der Waals surface area contributed by atoms with E-state index in [-0.39, 0.29) is 0 Å². The van der Waals surface area contributed by atoms with E-state index in [1.54, 1.807) is 7.11 Å². The summed E-state index contributed by atoms with van der Waals surface area (Å²) >= 11 is 2.05. The van der Waals surface area contributed by atoms with Crippen LogP contribution in [0, 0.1) is 0 Å². The summed E-state index contributed by atoms with van der Waals surface area (Å²) < 4.78 is 4.44. The van der Waals surface area contributed by atoms with Gasteiger partial charge in [-0.2, -0.15) is 0 Å². The van der Waals surface area contributed by atoms with Crippen molar-refractivity contribution >= 4 is 30.4 Å². The van der Waals surface area contributed by atoms with Gasteiger partial charge in [-0.1, -0.05) is 6.42 Å². The van der Waals surface area contributed by atoms with Gasteiger partial charge in [0.25, 0.3) is 0 Å². The molecule has 4 heteroatoms. The Labute approximate surface area is 79.3 Å². The van der Waals surface area contributed by atoms with Crippen molar-refractivity contribution in [2.75, 3.05) is 20.2 Å². The minimum absolute atomic E-state index is 1.25. The summed E-state index contributed by atoms with van der Waals surface area (Å²) in [6.45, 7) is 2.50. The Morgan fingerprint density at radius 2 is 1.80 bits per heavy atom. The van der Waals surface area contributed by atoms with Crippen LogP contribution in [0.4, 0.5) is 0 Å². The SMILES string of the molecule is C1CCNCC1.COSI. The van der Waals surface area contributed by atoms with Gasteiger partial charge < -0.3 is 9.50 Å². The van der Waals surface area contributed by atoms with Gasteiger partial charge in [0.05, 0.1) is 16.3 Å². The average Bonchev–Trinajstić information content (AvgIpc) is 2.08. The van der Waals surface area contributed by atoms with Gasteiger partial charge in [-0.25, -0.2) is 0 Å². The summed E-state index contributed by atoms with van der Waals surface area (Å²) in [5.74, 6) is 0. The molecule has 0 atom stereocenters. The maximum atomic E-state index is 4.44. The van der Waals surface area contributed by atoms with Crippen LogP contribution < -0.4 is 5.32 Å². The molecule has 0 aromatic carbocycles. The molecule has 0 unspecified atom stereocenters. The quantitative estimate of drug-likeness (QED) is 0.586. The van der Waals surface area contributed by atoms with Crippen LogP contribution in [-0.2, 0) is 4.18 Å². The largest absolute Gasteiger partial charge is 0.317 e. The molecule has 0 amide bonds. The molecule has 1 aliphatic heterocycles. The van der Waals surface area contributed by atoms with Gasteiger partial charge in [0.2, 0.25) is 0 Å². The molecule has 62 valence electrons. The second-order valence-corrected chi connectivity index (χ2v) is 3.58. The Balaban J connectivity index is 0.000000180. The second-order valence-electron chi connectivity index (χ2n) is 2.04. The third-order valence-electron chi connectivity index (χ3n) is 1.27. The molecule has 0 aromatic heterocycles. The van der Waals surface area contributed by atoms with E-state index < -0.39 is 0 Å². The first-order valence-corrected chi connectivity index (χ1v) is 6.72. The Morgan fingerprint density at radius 3 is 1.90 bits per heavy atom. The lowest BCUT2D eigenvalue weighted by molar-refractivity contribution is 0.499. The fourth-order valence-electron chi connectivity index (χ4n) is 0.802. The fourth-order valence-corrected chi connectivity index (χ4v) is 0.802. The molecule has 2 nitrogen and oxygen atoms in total. The molecule has 1 heterocycles. The number of nitrogens with one attached hydrogen (secondary N) is 1. The number of hydrogen-bond donors (Lipinski definition) is 1. The zero-order valence-electron chi connectivity index (χ0n) is 6.23. The molecule has 0 aromatic rings. The first kappa shape index (κ1) is 11.0. The first-order chi connectivity index (χ1) is 4.91. The van der Waals surface area contributed by atoms with Crippen LogP contribution in [-0.4, -0.2) is 20.2 Å². The van der Waals surface area contributed by atoms with Gasteiger partial charge >= 0.3 is 0 Å². The Hall–Kier alpha value is 1.00. The smallest absolute Gasteiger partial charge is 0.0647 e. The minimum Gasteiger partial charge on any atom is -0.317 e. The molecular formula is C6H14INOS. The van der Waals surface area contributed by atoms with Crippen LogP contribution >= 0.6 is 30.4 Å². The minimum atomic E-state index is 1.25. The van der Waals surface area contributed by atoms with Gasteiger partial charge in [-0.15, -0.1) is 0 Å². The number of halogens is 1. The molecule has 1 fully saturated rings. The maximum absolute atomic E-state index is 4.44. The van der Waals surface area contributed by atoms with E-state index in [9.17, 15) is 0 Å². The zero-order chi connectivity index (χ0) is 7.66. The van der Waals surface area contributed by atoms with E-state index in [1.807, 2.05) is 21.2 Å². The fraction of sp³-hybridized carbons (Fsp3) is 1.00. The Morgan fingerprint density at radius 1 is 1.30 bits per heavy atom. The topological polar surface area (TPSA) is 21.3 Å². The van der Waals surface area contributed by atoms with E-state index >= 15 is 0 Å². The molecule has 10 heavy (non-hydrogen) atoms. The molecule has 1 saturated heterocycles. The lowest BCUT2D eigenvalue weighted by Gasteiger charge is -2.08. The molecule has 1 N–H and O–H groups in total. The van der Waals surface area contributed by atoms with Crippen LogP contribution in [0.1, 0.15) is 19.3 Å². The van der Waals surface area contributed by atoms with Gasteiger partial charge in [-0.3, -0.25) is 0 Å². The van der Waals surface area contributed by atoms with Crippen LogP contribution in [0.5, 0.6) is 0 Å². The number of piperidine rings is 1.